The molecule has 2 aromatic carbocycles. The van der Waals surface area contributed by atoms with Crippen LogP contribution in [-0.4, -0.2) is 58.6 Å². The Morgan fingerprint density at radius 3 is 2.70 bits per heavy atom. The smallest absolute Gasteiger partial charge is 0.303 e. The Hall–Kier alpha value is -2.32. The van der Waals surface area contributed by atoms with Gasteiger partial charge in [-0.3, -0.25) is 9.78 Å². The lowest BCUT2D eigenvalue weighted by molar-refractivity contribution is -0.141. The van der Waals surface area contributed by atoms with E-state index in [9.17, 15) is 15.0 Å². The van der Waals surface area contributed by atoms with Crippen molar-refractivity contribution in [2.45, 2.75) is 50.0 Å². The maximum absolute atomic E-state index is 11.8. The SMILES string of the molecule is COc1ccc2ncc(Cl)c(C(O)CCC3(CC(=O)O)CCN(CCSc4ccccc4C)CC3)c2c1. The average Bonchev–Trinajstić information content (AvgIpc) is 2.89. The van der Waals surface area contributed by atoms with Crippen molar-refractivity contribution in [1.82, 2.24) is 9.88 Å². The second-order valence-electron chi connectivity index (χ2n) is 9.98. The number of rotatable bonds is 11. The monoisotopic (exact) mass is 542 g/mol. The van der Waals surface area contributed by atoms with Crippen molar-refractivity contribution in [3.8, 4) is 5.75 Å². The highest BCUT2D eigenvalue weighted by atomic mass is 35.5. The van der Waals surface area contributed by atoms with E-state index in [0.717, 1.165) is 49.1 Å². The molecule has 1 aliphatic heterocycles. The Labute approximate surface area is 228 Å². The van der Waals surface area contributed by atoms with Crippen LogP contribution in [0, 0.1) is 12.3 Å². The molecule has 1 atom stereocenters. The van der Waals surface area contributed by atoms with Crippen LogP contribution in [0.1, 0.15) is 49.3 Å². The van der Waals surface area contributed by atoms with E-state index in [4.69, 9.17) is 16.3 Å². The third kappa shape index (κ3) is 6.96. The number of fused-ring (bicyclic) bond motifs is 1. The first-order chi connectivity index (χ1) is 17.8. The molecule has 0 aliphatic carbocycles. The zero-order valence-corrected chi connectivity index (χ0v) is 23.0. The van der Waals surface area contributed by atoms with Crippen molar-refractivity contribution in [3.05, 3.63) is 64.8 Å². The van der Waals surface area contributed by atoms with Gasteiger partial charge in [-0.05, 0) is 80.9 Å². The van der Waals surface area contributed by atoms with Crippen LogP contribution in [0.25, 0.3) is 10.9 Å². The minimum Gasteiger partial charge on any atom is -0.497 e. The minimum absolute atomic E-state index is 0.115. The number of hydrogen-bond donors (Lipinski definition) is 2. The maximum atomic E-state index is 11.8. The number of thioether (sulfide) groups is 1. The van der Waals surface area contributed by atoms with Gasteiger partial charge in [0.2, 0.25) is 0 Å². The highest BCUT2D eigenvalue weighted by molar-refractivity contribution is 7.99. The summed E-state index contributed by atoms with van der Waals surface area (Å²) in [5, 5.41) is 22.1. The Morgan fingerprint density at radius 2 is 2.00 bits per heavy atom. The molecular weight excluding hydrogens is 508 g/mol. The molecule has 0 saturated carbocycles. The summed E-state index contributed by atoms with van der Waals surface area (Å²) in [7, 11) is 1.60. The van der Waals surface area contributed by atoms with Crippen molar-refractivity contribution in [1.29, 1.82) is 0 Å². The molecule has 198 valence electrons. The molecule has 1 saturated heterocycles. The molecule has 1 unspecified atom stereocenters. The number of methoxy groups -OCH3 is 1. The molecule has 0 amide bonds. The van der Waals surface area contributed by atoms with E-state index in [1.54, 1.807) is 13.3 Å². The summed E-state index contributed by atoms with van der Waals surface area (Å²) in [6.45, 7) is 4.85. The first kappa shape index (κ1) is 27.7. The van der Waals surface area contributed by atoms with Crippen LogP contribution < -0.4 is 4.74 Å². The average molecular weight is 543 g/mol. The lowest BCUT2D eigenvalue weighted by Gasteiger charge is -2.41. The lowest BCUT2D eigenvalue weighted by Crippen LogP contribution is -2.42. The Balaban J connectivity index is 1.39. The number of carbonyl (C=O) groups is 1. The van der Waals surface area contributed by atoms with E-state index >= 15 is 0 Å². The number of aliphatic carboxylic acids is 1. The Morgan fingerprint density at radius 1 is 1.24 bits per heavy atom. The number of carboxylic acid groups (broad SMARTS) is 1. The van der Waals surface area contributed by atoms with E-state index < -0.39 is 12.1 Å². The summed E-state index contributed by atoms with van der Waals surface area (Å²) in [6, 6.07) is 13.9. The lowest BCUT2D eigenvalue weighted by atomic mass is 9.71. The van der Waals surface area contributed by atoms with Gasteiger partial charge in [0.05, 0.1) is 30.2 Å². The predicted molar refractivity (Wildman–Crippen MR) is 150 cm³/mol. The van der Waals surface area contributed by atoms with Crippen LogP contribution in [0.3, 0.4) is 0 Å². The summed E-state index contributed by atoms with van der Waals surface area (Å²) in [5.74, 6) is 0.891. The number of aliphatic hydroxyl groups excluding tert-OH is 1. The van der Waals surface area contributed by atoms with Gasteiger partial charge in [-0.1, -0.05) is 29.8 Å². The van der Waals surface area contributed by atoms with Crippen LogP contribution in [0.5, 0.6) is 5.75 Å². The molecule has 2 heterocycles. The van der Waals surface area contributed by atoms with Gasteiger partial charge in [-0.2, -0.15) is 0 Å². The number of benzene rings is 2. The molecule has 4 rings (SSSR count). The number of aryl methyl sites for hydroxylation is 1. The summed E-state index contributed by atoms with van der Waals surface area (Å²) in [5.41, 5.74) is 2.32. The van der Waals surface area contributed by atoms with Gasteiger partial charge in [0.15, 0.2) is 0 Å². The second kappa shape index (κ2) is 12.5. The van der Waals surface area contributed by atoms with Crippen LogP contribution in [0.15, 0.2) is 53.6 Å². The number of halogens is 1. The summed E-state index contributed by atoms with van der Waals surface area (Å²) in [6.07, 6.45) is 3.53. The van der Waals surface area contributed by atoms with Crippen LogP contribution in [0.4, 0.5) is 0 Å². The molecule has 0 spiro atoms. The van der Waals surface area contributed by atoms with Crippen molar-refractivity contribution < 1.29 is 19.7 Å². The van der Waals surface area contributed by atoms with Crippen molar-refractivity contribution in [2.24, 2.45) is 5.41 Å². The largest absolute Gasteiger partial charge is 0.497 e. The first-order valence-electron chi connectivity index (χ1n) is 12.7. The number of pyridine rings is 1. The molecular formula is C29H35ClN2O4S. The normalized spacial score (nSPS) is 16.5. The predicted octanol–water partition coefficient (Wildman–Crippen LogP) is 6.37. The number of piperidine rings is 1. The van der Waals surface area contributed by atoms with E-state index in [0.29, 0.717) is 29.2 Å². The van der Waals surface area contributed by atoms with E-state index in [1.807, 2.05) is 30.0 Å². The van der Waals surface area contributed by atoms with Gasteiger partial charge in [-0.25, -0.2) is 0 Å². The number of likely N-dealkylation sites (tertiary alicyclic amines) is 1. The third-order valence-corrected chi connectivity index (χ3v) is 9.01. The fraction of sp³-hybridized carbons (Fsp3) is 0.448. The molecule has 0 radical (unpaired) electrons. The molecule has 37 heavy (non-hydrogen) atoms. The highest BCUT2D eigenvalue weighted by Gasteiger charge is 2.37. The van der Waals surface area contributed by atoms with E-state index in [1.165, 1.54) is 10.5 Å². The zero-order chi connectivity index (χ0) is 26.4. The molecule has 1 fully saturated rings. The van der Waals surface area contributed by atoms with Gasteiger partial charge in [0, 0.05) is 34.3 Å². The van der Waals surface area contributed by atoms with Crippen molar-refractivity contribution >= 4 is 40.2 Å². The third-order valence-electron chi connectivity index (χ3n) is 7.55. The Kier molecular flexibility index (Phi) is 9.35. The van der Waals surface area contributed by atoms with E-state index in [-0.39, 0.29) is 11.8 Å². The van der Waals surface area contributed by atoms with Crippen LogP contribution in [0.2, 0.25) is 5.02 Å². The van der Waals surface area contributed by atoms with Gasteiger partial charge in [0.25, 0.3) is 0 Å². The minimum atomic E-state index is -0.820. The topological polar surface area (TPSA) is 82.9 Å². The van der Waals surface area contributed by atoms with Crippen molar-refractivity contribution in [2.75, 3.05) is 32.5 Å². The molecule has 0 bridgehead atoms. The Bertz CT molecular complexity index is 1230. The molecule has 1 aromatic heterocycles. The van der Waals surface area contributed by atoms with Crippen molar-refractivity contribution in [3.63, 3.8) is 0 Å². The molecule has 6 nitrogen and oxygen atoms in total. The molecule has 3 aromatic rings. The summed E-state index contributed by atoms with van der Waals surface area (Å²) in [4.78, 5) is 19.9. The van der Waals surface area contributed by atoms with Gasteiger partial charge < -0.3 is 19.8 Å². The number of hydrogen-bond acceptors (Lipinski definition) is 6. The van der Waals surface area contributed by atoms with Gasteiger partial charge >= 0.3 is 5.97 Å². The molecule has 8 heteroatoms. The van der Waals surface area contributed by atoms with Gasteiger partial charge in [0.1, 0.15) is 5.75 Å². The van der Waals surface area contributed by atoms with Gasteiger partial charge in [-0.15, -0.1) is 11.8 Å². The number of nitrogens with zero attached hydrogens (tertiary/aromatic N) is 2. The quantitative estimate of drug-likeness (QED) is 0.272. The summed E-state index contributed by atoms with van der Waals surface area (Å²) >= 11 is 8.36. The maximum Gasteiger partial charge on any atom is 0.303 e. The number of carboxylic acids is 1. The second-order valence-corrected chi connectivity index (χ2v) is 11.5. The first-order valence-corrected chi connectivity index (χ1v) is 14.1. The van der Waals surface area contributed by atoms with Crippen LogP contribution in [-0.2, 0) is 4.79 Å². The standard InChI is InChI=1S/C29H35ClN2O4S/c1-20-5-3-4-6-26(20)37-16-15-32-13-11-29(12-14-32,18-27(34)35)10-9-25(33)28-22-17-21(36-2)7-8-24(22)31-19-23(28)30/h3-8,17,19,25,33H,9-16,18H2,1-2H3,(H,34,35). The highest BCUT2D eigenvalue weighted by Crippen LogP contribution is 2.43. The molecule has 1 aliphatic rings. The number of aromatic nitrogens is 1. The number of aliphatic hydroxyl groups is 1. The summed E-state index contributed by atoms with van der Waals surface area (Å²) < 4.78 is 5.36. The zero-order valence-electron chi connectivity index (χ0n) is 21.5. The van der Waals surface area contributed by atoms with E-state index in [2.05, 4.69) is 41.1 Å². The fourth-order valence-corrected chi connectivity index (χ4v) is 6.63. The number of ether oxygens (including phenoxy) is 1. The fourth-order valence-electron chi connectivity index (χ4n) is 5.31. The molecule has 2 N–H and O–H groups in total. The van der Waals surface area contributed by atoms with Crippen LogP contribution >= 0.6 is 23.4 Å².